The lowest BCUT2D eigenvalue weighted by Gasteiger charge is -2.11. The molecule has 1 aromatic carbocycles. The van der Waals surface area contributed by atoms with Crippen molar-refractivity contribution in [3.63, 3.8) is 0 Å². The number of hydrogen-bond donors (Lipinski definition) is 0. The lowest BCUT2D eigenvalue weighted by Crippen LogP contribution is -1.97. The van der Waals surface area contributed by atoms with E-state index < -0.39 is 0 Å². The van der Waals surface area contributed by atoms with Crippen molar-refractivity contribution in [1.82, 2.24) is 0 Å². The molecule has 1 heterocycles. The summed E-state index contributed by atoms with van der Waals surface area (Å²) >= 11 is 25.1. The third-order valence-electron chi connectivity index (χ3n) is 2.95. The van der Waals surface area contributed by atoms with Crippen LogP contribution in [0.15, 0.2) is 40.0 Å². The third-order valence-corrected chi connectivity index (χ3v) is 4.82. The Balaban J connectivity index is 1.96. The molecular formula is C18H17Cl4NO3S. The van der Waals surface area contributed by atoms with E-state index >= 15 is 0 Å². The first-order valence-electron chi connectivity index (χ1n) is 7.89. The second-order valence-electron chi connectivity index (χ2n) is 5.50. The normalized spacial score (nSPS) is 11.1. The molecule has 0 saturated carbocycles. The fraction of sp³-hybridized carbons (Fsp3) is 0.278. The van der Waals surface area contributed by atoms with E-state index in [1.54, 1.807) is 18.3 Å². The Hall–Kier alpha value is -1.11. The van der Waals surface area contributed by atoms with Crippen LogP contribution >= 0.6 is 57.7 Å². The molecular weight excluding hydrogens is 452 g/mol. The molecule has 1 aromatic heterocycles. The Morgan fingerprint density at radius 2 is 1.85 bits per heavy atom. The van der Waals surface area contributed by atoms with E-state index in [0.717, 1.165) is 9.75 Å². The van der Waals surface area contributed by atoms with Gasteiger partial charge in [-0.2, -0.15) is 0 Å². The Kier molecular flexibility index (Phi) is 9.06. The van der Waals surface area contributed by atoms with Crippen LogP contribution in [0.25, 0.3) is 0 Å². The van der Waals surface area contributed by atoms with Gasteiger partial charge in [0.05, 0.1) is 16.3 Å². The number of rotatable bonds is 9. The first kappa shape index (κ1) is 22.2. The van der Waals surface area contributed by atoms with Gasteiger partial charge in [-0.25, -0.2) is 0 Å². The SMILES string of the molecule is CC(C)ON=Cc1ccc(COc2c(Cl)cc(OCC=C(Cl)Cl)cc2Cl)s1. The number of ether oxygens (including phenoxy) is 2. The molecule has 2 aromatic rings. The summed E-state index contributed by atoms with van der Waals surface area (Å²) < 4.78 is 11.4. The van der Waals surface area contributed by atoms with Crippen LogP contribution in [-0.2, 0) is 11.4 Å². The molecule has 9 heteroatoms. The second kappa shape index (κ2) is 11.0. The van der Waals surface area contributed by atoms with Crippen molar-refractivity contribution in [2.45, 2.75) is 26.6 Å². The molecule has 0 bridgehead atoms. The molecule has 0 amide bonds. The summed E-state index contributed by atoms with van der Waals surface area (Å²) in [5.74, 6) is 0.881. The Morgan fingerprint density at radius 1 is 1.15 bits per heavy atom. The summed E-state index contributed by atoms with van der Waals surface area (Å²) in [6, 6.07) is 7.12. The maximum absolute atomic E-state index is 6.25. The fourth-order valence-electron chi connectivity index (χ4n) is 1.85. The predicted octanol–water partition coefficient (Wildman–Crippen LogP) is 7.09. The molecule has 0 N–H and O–H groups in total. The zero-order valence-electron chi connectivity index (χ0n) is 14.5. The predicted molar refractivity (Wildman–Crippen MR) is 114 cm³/mol. The molecule has 0 spiro atoms. The van der Waals surface area contributed by atoms with Gasteiger partial charge in [0.15, 0.2) is 5.75 Å². The third kappa shape index (κ3) is 7.80. The zero-order chi connectivity index (χ0) is 19.8. The maximum Gasteiger partial charge on any atom is 0.157 e. The van der Waals surface area contributed by atoms with Crippen molar-refractivity contribution in [2.75, 3.05) is 6.61 Å². The molecule has 0 atom stereocenters. The Morgan fingerprint density at radius 3 is 2.48 bits per heavy atom. The molecule has 0 radical (unpaired) electrons. The van der Waals surface area contributed by atoms with Gasteiger partial charge in [0.2, 0.25) is 0 Å². The Labute approximate surface area is 182 Å². The van der Waals surface area contributed by atoms with Crippen LogP contribution in [-0.4, -0.2) is 18.9 Å². The molecule has 27 heavy (non-hydrogen) atoms. The van der Waals surface area contributed by atoms with E-state index in [4.69, 9.17) is 60.7 Å². The minimum atomic E-state index is 0.0446. The van der Waals surface area contributed by atoms with E-state index in [2.05, 4.69) is 5.16 Å². The largest absolute Gasteiger partial charge is 0.489 e. The van der Waals surface area contributed by atoms with Gasteiger partial charge in [0.25, 0.3) is 0 Å². The molecule has 0 saturated heterocycles. The lowest BCUT2D eigenvalue weighted by atomic mass is 10.3. The maximum atomic E-state index is 6.25. The molecule has 0 unspecified atom stereocenters. The number of oxime groups is 1. The highest BCUT2D eigenvalue weighted by Gasteiger charge is 2.11. The van der Waals surface area contributed by atoms with Crippen molar-refractivity contribution < 1.29 is 14.3 Å². The number of thiophene rings is 1. The van der Waals surface area contributed by atoms with Crippen molar-refractivity contribution in [3.8, 4) is 11.5 Å². The topological polar surface area (TPSA) is 40.0 Å². The molecule has 0 aliphatic carbocycles. The summed E-state index contributed by atoms with van der Waals surface area (Å²) in [5.41, 5.74) is 0. The Bertz CT molecular complexity index is 794. The van der Waals surface area contributed by atoms with E-state index in [1.165, 1.54) is 17.4 Å². The summed E-state index contributed by atoms with van der Waals surface area (Å²) in [5, 5.41) is 4.61. The van der Waals surface area contributed by atoms with Crippen LogP contribution < -0.4 is 9.47 Å². The van der Waals surface area contributed by atoms with Gasteiger partial charge < -0.3 is 14.3 Å². The molecule has 4 nitrogen and oxygen atoms in total. The van der Waals surface area contributed by atoms with Gasteiger partial charge in [-0.1, -0.05) is 51.6 Å². The molecule has 0 aliphatic heterocycles. The second-order valence-corrected chi connectivity index (χ2v) is 8.52. The fourth-order valence-corrected chi connectivity index (χ4v) is 3.34. The highest BCUT2D eigenvalue weighted by molar-refractivity contribution is 7.13. The summed E-state index contributed by atoms with van der Waals surface area (Å²) in [7, 11) is 0. The monoisotopic (exact) mass is 467 g/mol. The zero-order valence-corrected chi connectivity index (χ0v) is 18.4. The number of hydrogen-bond acceptors (Lipinski definition) is 5. The van der Waals surface area contributed by atoms with E-state index in [1.807, 2.05) is 26.0 Å². The molecule has 0 aliphatic rings. The minimum absolute atomic E-state index is 0.0446. The van der Waals surface area contributed by atoms with Crippen molar-refractivity contribution in [1.29, 1.82) is 0 Å². The van der Waals surface area contributed by atoms with Gasteiger partial charge >= 0.3 is 0 Å². The van der Waals surface area contributed by atoms with Crippen LogP contribution in [0, 0.1) is 0 Å². The van der Waals surface area contributed by atoms with Crippen molar-refractivity contribution in [2.24, 2.45) is 5.16 Å². The summed E-state index contributed by atoms with van der Waals surface area (Å²) in [4.78, 5) is 7.10. The lowest BCUT2D eigenvalue weighted by molar-refractivity contribution is 0.0874. The highest BCUT2D eigenvalue weighted by Crippen LogP contribution is 2.37. The van der Waals surface area contributed by atoms with Crippen LogP contribution in [0.4, 0.5) is 0 Å². The van der Waals surface area contributed by atoms with Gasteiger partial charge in [-0.15, -0.1) is 11.3 Å². The number of benzene rings is 1. The van der Waals surface area contributed by atoms with Crippen LogP contribution in [0.3, 0.4) is 0 Å². The van der Waals surface area contributed by atoms with Gasteiger partial charge in [0.1, 0.15) is 29.6 Å². The van der Waals surface area contributed by atoms with E-state index in [0.29, 0.717) is 28.2 Å². The van der Waals surface area contributed by atoms with E-state index in [-0.39, 0.29) is 17.2 Å². The number of nitrogens with zero attached hydrogens (tertiary/aromatic N) is 1. The average molecular weight is 469 g/mol. The molecule has 146 valence electrons. The van der Waals surface area contributed by atoms with Crippen LogP contribution in [0.2, 0.25) is 10.0 Å². The van der Waals surface area contributed by atoms with Crippen LogP contribution in [0.5, 0.6) is 11.5 Å². The van der Waals surface area contributed by atoms with Gasteiger partial charge in [-0.3, -0.25) is 0 Å². The highest BCUT2D eigenvalue weighted by atomic mass is 35.5. The quantitative estimate of drug-likeness (QED) is 0.291. The van der Waals surface area contributed by atoms with Gasteiger partial charge in [-0.05, 0) is 32.1 Å². The number of halogens is 4. The smallest absolute Gasteiger partial charge is 0.157 e. The molecule has 0 fully saturated rings. The van der Waals surface area contributed by atoms with Crippen molar-refractivity contribution in [3.05, 3.63) is 54.6 Å². The standard InChI is InChI=1S/C18H17Cl4NO3S/c1-11(2)26-23-9-13-3-4-14(27-13)10-25-18-15(19)7-12(8-16(18)20)24-6-5-17(21)22/h3-5,7-9,11H,6,10H2,1-2H3. The molecule has 2 rings (SSSR count). The average Bonchev–Trinajstić information content (AvgIpc) is 3.01. The van der Waals surface area contributed by atoms with Crippen molar-refractivity contribution >= 4 is 64.0 Å². The van der Waals surface area contributed by atoms with E-state index in [9.17, 15) is 0 Å². The summed E-state index contributed by atoms with van der Waals surface area (Å²) in [6.45, 7) is 4.36. The minimum Gasteiger partial charge on any atom is -0.489 e. The van der Waals surface area contributed by atoms with Gasteiger partial charge in [0, 0.05) is 21.9 Å². The first-order valence-corrected chi connectivity index (χ1v) is 10.2. The van der Waals surface area contributed by atoms with Crippen LogP contribution in [0.1, 0.15) is 23.6 Å². The summed E-state index contributed by atoms with van der Waals surface area (Å²) in [6.07, 6.45) is 3.23. The first-order chi connectivity index (χ1) is 12.8.